The fraction of sp³-hybridized carbons (Fsp3) is 0.545. The average Bonchev–Trinajstić information content (AvgIpc) is 3.16. The predicted octanol–water partition coefficient (Wildman–Crippen LogP) is 2.51. The quantitative estimate of drug-likeness (QED) is 0.524. The van der Waals surface area contributed by atoms with Crippen LogP contribution in [0.3, 0.4) is 0 Å². The third kappa shape index (κ3) is 6.39. The molecular formula is C22H26F4N4O4S. The van der Waals surface area contributed by atoms with Crippen LogP contribution in [0.2, 0.25) is 0 Å². The summed E-state index contributed by atoms with van der Waals surface area (Å²) < 4.78 is 84.1. The maximum absolute atomic E-state index is 13.5. The summed E-state index contributed by atoms with van der Waals surface area (Å²) in [7, 11) is -3.28. The highest BCUT2D eigenvalue weighted by atomic mass is 32.2. The highest BCUT2D eigenvalue weighted by molar-refractivity contribution is 7.88. The Morgan fingerprint density at radius 2 is 1.83 bits per heavy atom. The van der Waals surface area contributed by atoms with Crippen LogP contribution in [0.1, 0.15) is 29.8 Å². The molecule has 35 heavy (non-hydrogen) atoms. The van der Waals surface area contributed by atoms with Gasteiger partial charge in [-0.15, -0.1) is 0 Å². The number of hydrogen-bond donors (Lipinski definition) is 0. The number of ether oxygens (including phenoxy) is 1. The van der Waals surface area contributed by atoms with Crippen molar-refractivity contribution in [3.05, 3.63) is 57.5 Å². The molecule has 0 unspecified atom stereocenters. The van der Waals surface area contributed by atoms with Gasteiger partial charge in [-0.1, -0.05) is 6.07 Å². The first-order chi connectivity index (χ1) is 16.4. The molecule has 0 spiro atoms. The van der Waals surface area contributed by atoms with Crippen molar-refractivity contribution in [1.82, 2.24) is 18.8 Å². The lowest BCUT2D eigenvalue weighted by Gasteiger charge is -2.30. The molecule has 13 heteroatoms. The zero-order chi connectivity index (χ0) is 25.4. The highest BCUT2D eigenvalue weighted by Crippen LogP contribution is 2.26. The molecule has 0 amide bonds. The van der Waals surface area contributed by atoms with Crippen molar-refractivity contribution in [2.45, 2.75) is 45.2 Å². The van der Waals surface area contributed by atoms with Gasteiger partial charge in [-0.25, -0.2) is 22.1 Å². The molecule has 1 fully saturated rings. The van der Waals surface area contributed by atoms with Crippen LogP contribution in [-0.4, -0.2) is 59.3 Å². The molecule has 0 atom stereocenters. The summed E-state index contributed by atoms with van der Waals surface area (Å²) in [6.07, 6.45) is -1.33. The number of rotatable bonds is 7. The van der Waals surface area contributed by atoms with Crippen LogP contribution in [0.15, 0.2) is 29.2 Å². The molecule has 1 saturated heterocycles. The number of hydrogen-bond acceptors (Lipinski definition) is 6. The fourth-order valence-electron chi connectivity index (χ4n) is 4.44. The van der Waals surface area contributed by atoms with Gasteiger partial charge in [-0.2, -0.15) is 13.2 Å². The number of nitrogens with zero attached hydrogens (tertiary/aromatic N) is 4. The predicted molar refractivity (Wildman–Crippen MR) is 119 cm³/mol. The van der Waals surface area contributed by atoms with E-state index in [2.05, 4.69) is 4.98 Å². The molecule has 0 bridgehead atoms. The number of fused-ring (bicyclic) bond motifs is 1. The molecule has 0 N–H and O–H groups in total. The van der Waals surface area contributed by atoms with E-state index in [1.165, 1.54) is 16.4 Å². The smallest absolute Gasteiger partial charge is 0.406 e. The van der Waals surface area contributed by atoms with Gasteiger partial charge in [0.1, 0.15) is 18.2 Å². The molecule has 0 aliphatic carbocycles. The molecule has 0 radical (unpaired) electrons. The van der Waals surface area contributed by atoms with Gasteiger partial charge < -0.3 is 4.74 Å². The van der Waals surface area contributed by atoms with E-state index >= 15 is 0 Å². The van der Waals surface area contributed by atoms with Gasteiger partial charge in [0.15, 0.2) is 0 Å². The molecule has 192 valence electrons. The van der Waals surface area contributed by atoms with E-state index < -0.39 is 28.3 Å². The minimum Gasteiger partial charge on any atom is -0.486 e. The Balaban J connectivity index is 1.46. The molecule has 1 aromatic carbocycles. The zero-order valence-corrected chi connectivity index (χ0v) is 19.9. The summed E-state index contributed by atoms with van der Waals surface area (Å²) in [5.74, 6) is -0.766. The second-order valence-corrected chi connectivity index (χ2v) is 11.0. The van der Waals surface area contributed by atoms with E-state index in [0.29, 0.717) is 43.6 Å². The van der Waals surface area contributed by atoms with Crippen molar-refractivity contribution in [1.29, 1.82) is 0 Å². The van der Waals surface area contributed by atoms with Gasteiger partial charge in [0, 0.05) is 26.2 Å². The standard InChI is InChI=1S/C22H26F4N4O4S/c1-35(32,33)29-6-4-15(5-7-29)13-34-19-9-27-20(30(21(19)31)14-22(24,25)26)12-28-10-16-2-3-18(23)8-17(16)11-28/h2-3,8-9,15H,4-7,10-14H2,1H3. The number of benzene rings is 1. The maximum Gasteiger partial charge on any atom is 0.406 e. The van der Waals surface area contributed by atoms with Crippen LogP contribution in [0.25, 0.3) is 0 Å². The molecule has 4 rings (SSSR count). The van der Waals surface area contributed by atoms with Gasteiger partial charge in [-0.05, 0) is 42.0 Å². The lowest BCUT2D eigenvalue weighted by atomic mass is 9.99. The van der Waals surface area contributed by atoms with Crippen LogP contribution in [0.5, 0.6) is 5.75 Å². The maximum atomic E-state index is 13.5. The van der Waals surface area contributed by atoms with E-state index in [1.54, 1.807) is 11.0 Å². The van der Waals surface area contributed by atoms with Crippen LogP contribution >= 0.6 is 0 Å². The van der Waals surface area contributed by atoms with E-state index in [-0.39, 0.29) is 36.5 Å². The molecule has 0 saturated carbocycles. The summed E-state index contributed by atoms with van der Waals surface area (Å²) in [5, 5.41) is 0. The van der Waals surface area contributed by atoms with Crippen LogP contribution in [0, 0.1) is 11.7 Å². The van der Waals surface area contributed by atoms with Crippen LogP contribution in [-0.2, 0) is 36.2 Å². The topological polar surface area (TPSA) is 84.7 Å². The Labute approximate surface area is 200 Å². The Bertz CT molecular complexity index is 1240. The largest absolute Gasteiger partial charge is 0.486 e. The van der Waals surface area contributed by atoms with E-state index in [4.69, 9.17) is 4.74 Å². The second-order valence-electron chi connectivity index (χ2n) is 9.02. The van der Waals surface area contributed by atoms with E-state index in [1.807, 2.05) is 0 Å². The van der Waals surface area contributed by atoms with Gasteiger partial charge in [0.2, 0.25) is 15.8 Å². The molecule has 3 heterocycles. The van der Waals surface area contributed by atoms with Crippen LogP contribution in [0.4, 0.5) is 17.6 Å². The summed E-state index contributed by atoms with van der Waals surface area (Å²) in [6, 6.07) is 4.36. The van der Waals surface area contributed by atoms with E-state index in [9.17, 15) is 30.8 Å². The van der Waals surface area contributed by atoms with Crippen molar-refractivity contribution >= 4 is 10.0 Å². The van der Waals surface area contributed by atoms with Crippen molar-refractivity contribution in [2.24, 2.45) is 5.92 Å². The SMILES string of the molecule is CS(=O)(=O)N1CCC(COc2cnc(CN3Cc4ccc(F)cc4C3)n(CC(F)(F)F)c2=O)CC1. The van der Waals surface area contributed by atoms with Gasteiger partial charge in [0.25, 0.3) is 5.56 Å². The third-order valence-electron chi connectivity index (χ3n) is 6.27. The first kappa shape index (κ1) is 25.6. The fourth-order valence-corrected chi connectivity index (χ4v) is 5.31. The third-order valence-corrected chi connectivity index (χ3v) is 7.58. The molecule has 2 aromatic rings. The van der Waals surface area contributed by atoms with Crippen LogP contribution < -0.4 is 10.3 Å². The Kier molecular flexibility index (Phi) is 7.21. The summed E-state index contributed by atoms with van der Waals surface area (Å²) in [4.78, 5) is 18.8. The lowest BCUT2D eigenvalue weighted by molar-refractivity contribution is -0.142. The number of sulfonamides is 1. The van der Waals surface area contributed by atoms with E-state index in [0.717, 1.165) is 23.6 Å². The number of piperidine rings is 1. The second kappa shape index (κ2) is 9.86. The molecule has 2 aliphatic rings. The first-order valence-electron chi connectivity index (χ1n) is 11.1. The number of alkyl halides is 3. The minimum atomic E-state index is -4.64. The van der Waals surface area contributed by atoms with Crippen molar-refractivity contribution < 1.29 is 30.7 Å². The van der Waals surface area contributed by atoms with Crippen molar-refractivity contribution in [2.75, 3.05) is 26.0 Å². The molecule has 2 aliphatic heterocycles. The zero-order valence-electron chi connectivity index (χ0n) is 19.1. The van der Waals surface area contributed by atoms with Gasteiger partial charge in [0.05, 0.1) is 25.6 Å². The van der Waals surface area contributed by atoms with Crippen molar-refractivity contribution in [3.8, 4) is 5.75 Å². The van der Waals surface area contributed by atoms with Gasteiger partial charge >= 0.3 is 6.18 Å². The first-order valence-corrected chi connectivity index (χ1v) is 13.0. The number of aromatic nitrogens is 2. The summed E-state index contributed by atoms with van der Waals surface area (Å²) in [5.41, 5.74) is 0.693. The lowest BCUT2D eigenvalue weighted by Crippen LogP contribution is -2.39. The molecule has 8 nitrogen and oxygen atoms in total. The Morgan fingerprint density at radius 3 is 2.49 bits per heavy atom. The number of halogens is 4. The highest BCUT2D eigenvalue weighted by Gasteiger charge is 2.32. The Morgan fingerprint density at radius 1 is 1.14 bits per heavy atom. The normalized spacial score (nSPS) is 18.1. The Hall–Kier alpha value is -2.51. The summed E-state index contributed by atoms with van der Waals surface area (Å²) in [6.45, 7) is -0.0669. The summed E-state index contributed by atoms with van der Waals surface area (Å²) >= 11 is 0. The average molecular weight is 519 g/mol. The monoisotopic (exact) mass is 518 g/mol. The van der Waals surface area contributed by atoms with Gasteiger partial charge in [-0.3, -0.25) is 14.3 Å². The van der Waals surface area contributed by atoms with Crippen molar-refractivity contribution in [3.63, 3.8) is 0 Å². The molecular weight excluding hydrogens is 492 g/mol. The minimum absolute atomic E-state index is 0.0220. The molecule has 1 aromatic heterocycles.